The van der Waals surface area contributed by atoms with Gasteiger partial charge in [0.15, 0.2) is 0 Å². The van der Waals surface area contributed by atoms with Crippen molar-refractivity contribution in [2.75, 3.05) is 7.11 Å². The summed E-state index contributed by atoms with van der Waals surface area (Å²) in [6, 6.07) is 25.6. The van der Waals surface area contributed by atoms with Crippen molar-refractivity contribution in [3.8, 4) is 11.5 Å². The molecular formula is C22H19ClILiO4Zn. The van der Waals surface area contributed by atoms with E-state index < -0.39 is 5.97 Å². The van der Waals surface area contributed by atoms with Crippen LogP contribution >= 0.6 is 19.8 Å². The zero-order valence-electron chi connectivity index (χ0n) is 16.9. The molecule has 0 atom stereocenters. The molecule has 0 aromatic heterocycles. The molecule has 30 heavy (non-hydrogen) atoms. The van der Waals surface area contributed by atoms with Crippen LogP contribution in [-0.2, 0) is 32.7 Å². The zero-order valence-corrected chi connectivity index (χ0v) is 22.8. The molecule has 8 heteroatoms. The Morgan fingerprint density at radius 3 is 1.90 bits per heavy atom. The molecule has 3 aromatic rings. The van der Waals surface area contributed by atoms with E-state index in [1.807, 2.05) is 60.7 Å². The molecule has 4 nitrogen and oxygen atoms in total. The van der Waals surface area contributed by atoms with Gasteiger partial charge < -0.3 is 26.6 Å². The van der Waals surface area contributed by atoms with Crippen molar-refractivity contribution in [3.05, 3.63) is 95.6 Å². The third-order valence-corrected chi connectivity index (χ3v) is 3.78. The van der Waals surface area contributed by atoms with Crippen molar-refractivity contribution in [1.29, 1.82) is 0 Å². The molecular weight excluding hydrogens is 563 g/mol. The number of hydrogen-bond acceptors (Lipinski definition) is 4. The predicted octanol–water partition coefficient (Wildman–Crippen LogP) is -0.677. The Kier molecular flexibility index (Phi) is 16.1. The van der Waals surface area contributed by atoms with Crippen LogP contribution in [0.2, 0.25) is 0 Å². The molecule has 0 saturated carbocycles. The molecule has 0 bridgehead atoms. The minimum absolute atomic E-state index is 0. The van der Waals surface area contributed by atoms with E-state index in [1.165, 1.54) is 21.9 Å². The molecule has 148 valence electrons. The van der Waals surface area contributed by atoms with Crippen LogP contribution in [0.3, 0.4) is 0 Å². The molecule has 0 spiro atoms. The minimum atomic E-state index is -0.491. The van der Waals surface area contributed by atoms with E-state index in [1.54, 1.807) is 12.1 Å². The van der Waals surface area contributed by atoms with Crippen molar-refractivity contribution in [1.82, 2.24) is 0 Å². The second-order valence-corrected chi connectivity index (χ2v) is 5.60. The van der Waals surface area contributed by atoms with Crippen LogP contribution in [-0.4, -0.2) is 13.1 Å². The Morgan fingerprint density at radius 1 is 0.900 bits per heavy atom. The maximum atomic E-state index is 12.1. The standard InChI is InChI=1S/C22H19O4.ClH.HI.Li.Zn/c1-24-22(23)19-13-8-14-20(25-15-17-9-4-2-5-10-17)21(19)26-16-18-11-6-3-7-12-18;;;;/h2-7,9-14H,15-16H2,1H3;2*1H;;/q-1;;;+1;+2/p-2. The zero-order chi connectivity index (χ0) is 20.2. The normalized spacial score (nSPS) is 9.07. The van der Waals surface area contributed by atoms with Crippen LogP contribution in [0.5, 0.6) is 11.5 Å². The van der Waals surface area contributed by atoms with Gasteiger partial charge in [-0.25, -0.2) is 0 Å². The summed E-state index contributed by atoms with van der Waals surface area (Å²) in [6.07, 6.45) is 0. The molecule has 0 unspecified atom stereocenters. The van der Waals surface area contributed by atoms with E-state index in [4.69, 9.17) is 14.2 Å². The third-order valence-electron chi connectivity index (χ3n) is 3.78. The van der Waals surface area contributed by atoms with Crippen LogP contribution < -0.4 is 40.7 Å². The number of methoxy groups -OCH3 is 1. The Hall–Kier alpha value is -1.03. The first-order valence-corrected chi connectivity index (χ1v) is 17.6. The number of esters is 1. The molecule has 0 saturated heterocycles. The van der Waals surface area contributed by atoms with Gasteiger partial charge in [0, 0.05) is 5.75 Å². The quantitative estimate of drug-likeness (QED) is 0.161. The second-order valence-electron chi connectivity index (χ2n) is 5.60. The topological polar surface area (TPSA) is 44.8 Å². The molecule has 3 rings (SSSR count). The summed E-state index contributed by atoms with van der Waals surface area (Å²) in [5, 5.41) is 0. The van der Waals surface area contributed by atoms with Gasteiger partial charge >= 0.3 is 53.4 Å². The van der Waals surface area contributed by atoms with E-state index >= 15 is 0 Å². The molecule has 0 N–H and O–H groups in total. The van der Waals surface area contributed by atoms with Crippen LogP contribution in [0, 0.1) is 6.07 Å². The molecule has 0 radical (unpaired) electrons. The Balaban J connectivity index is 0.00000204. The predicted molar refractivity (Wildman–Crippen MR) is 112 cm³/mol. The number of hydrogen-bond donors (Lipinski definition) is 0. The van der Waals surface area contributed by atoms with Crippen molar-refractivity contribution >= 4 is 25.7 Å². The Labute approximate surface area is 216 Å². The van der Waals surface area contributed by atoms with Gasteiger partial charge in [-0.3, -0.25) is 4.79 Å². The van der Waals surface area contributed by atoms with E-state index in [9.17, 15) is 4.79 Å². The summed E-state index contributed by atoms with van der Waals surface area (Å²) in [4.78, 5) is 12.1. The van der Waals surface area contributed by atoms with Gasteiger partial charge in [0.25, 0.3) is 5.97 Å². The molecule has 0 aliphatic heterocycles. The van der Waals surface area contributed by atoms with Crippen LogP contribution in [0.25, 0.3) is 0 Å². The van der Waals surface area contributed by atoms with Crippen LogP contribution in [0.1, 0.15) is 21.5 Å². The number of halogens is 2. The molecule has 0 amide bonds. The second kappa shape index (κ2) is 16.6. The number of rotatable bonds is 7. The molecule has 0 fully saturated rings. The summed E-state index contributed by atoms with van der Waals surface area (Å²) >= 11 is 3.62. The van der Waals surface area contributed by atoms with E-state index in [0.717, 1.165) is 11.1 Å². The third kappa shape index (κ3) is 9.00. The average molecular weight is 582 g/mol. The molecule has 3 aromatic carbocycles. The van der Waals surface area contributed by atoms with Gasteiger partial charge in [-0.05, 0) is 16.7 Å². The van der Waals surface area contributed by atoms with Crippen molar-refractivity contribution < 1.29 is 65.1 Å². The Bertz CT molecular complexity index is 870. The summed E-state index contributed by atoms with van der Waals surface area (Å²) in [6.45, 7) is 0.678. The SMILES string of the molecule is COC(=O)c1c[c-]cc(OCc2ccccc2)c1OCc1ccccc1.[Cl-].[Li+].[Zn+][I]. The van der Waals surface area contributed by atoms with Gasteiger partial charge in [-0.15, -0.1) is 6.07 Å². The summed E-state index contributed by atoms with van der Waals surface area (Å²) < 4.78 is 16.7. The first-order valence-electron chi connectivity index (χ1n) is 8.50. The number of benzene rings is 3. The number of ether oxygens (including phenoxy) is 3. The monoisotopic (exact) mass is 580 g/mol. The van der Waals surface area contributed by atoms with Crippen molar-refractivity contribution in [3.63, 3.8) is 0 Å². The molecule has 0 aliphatic carbocycles. The van der Waals surface area contributed by atoms with Gasteiger partial charge in [0.05, 0.1) is 19.5 Å². The molecule has 0 aliphatic rings. The fraction of sp³-hybridized carbons (Fsp3) is 0.136. The maximum absolute atomic E-state index is 12.1. The van der Waals surface area contributed by atoms with Gasteiger partial charge in [0.2, 0.25) is 0 Å². The first-order chi connectivity index (χ1) is 13.8. The van der Waals surface area contributed by atoms with Gasteiger partial charge in [0.1, 0.15) is 6.61 Å². The van der Waals surface area contributed by atoms with Crippen LogP contribution in [0.4, 0.5) is 0 Å². The van der Waals surface area contributed by atoms with Crippen LogP contribution in [0.15, 0.2) is 72.8 Å². The fourth-order valence-corrected chi connectivity index (χ4v) is 2.45. The fourth-order valence-electron chi connectivity index (χ4n) is 2.45. The molecule has 0 heterocycles. The van der Waals surface area contributed by atoms with Crippen molar-refractivity contribution in [2.45, 2.75) is 13.2 Å². The van der Waals surface area contributed by atoms with Gasteiger partial charge in [-0.2, -0.15) is 12.1 Å². The summed E-state index contributed by atoms with van der Waals surface area (Å²) in [5.74, 6) is 0.317. The number of carbonyl (C=O) groups is 1. The number of carbonyl (C=O) groups excluding carboxylic acids is 1. The van der Waals surface area contributed by atoms with E-state index in [0.29, 0.717) is 24.7 Å². The summed E-state index contributed by atoms with van der Waals surface area (Å²) in [5.41, 5.74) is 2.30. The van der Waals surface area contributed by atoms with E-state index in [2.05, 4.69) is 25.8 Å². The first kappa shape index (κ1) is 29.0. The van der Waals surface area contributed by atoms with Crippen molar-refractivity contribution in [2.24, 2.45) is 0 Å². The average Bonchev–Trinajstić information content (AvgIpc) is 2.78. The van der Waals surface area contributed by atoms with E-state index in [-0.39, 0.29) is 36.8 Å². The Morgan fingerprint density at radius 2 is 1.40 bits per heavy atom. The van der Waals surface area contributed by atoms with Gasteiger partial charge in [-0.1, -0.05) is 60.7 Å². The summed E-state index contributed by atoms with van der Waals surface area (Å²) in [7, 11) is 1.33.